The van der Waals surface area contributed by atoms with E-state index in [0.717, 1.165) is 0 Å². The van der Waals surface area contributed by atoms with Gasteiger partial charge in [0.2, 0.25) is 0 Å². The summed E-state index contributed by atoms with van der Waals surface area (Å²) in [6, 6.07) is 5.71. The third-order valence-electron chi connectivity index (χ3n) is 3.18. The first-order valence-corrected chi connectivity index (χ1v) is 6.98. The minimum Gasteiger partial charge on any atom is -0.449 e. The molecule has 1 atom stereocenters. The number of nitrogens with zero attached hydrogens (tertiary/aromatic N) is 2. The van der Waals surface area contributed by atoms with Crippen molar-refractivity contribution < 1.29 is 23.8 Å². The zero-order chi connectivity index (χ0) is 17.9. The third kappa shape index (κ3) is 3.75. The van der Waals surface area contributed by atoms with Gasteiger partial charge in [0.05, 0.1) is 4.92 Å². The quantitative estimate of drug-likeness (QED) is 0.506. The van der Waals surface area contributed by atoms with E-state index in [9.17, 15) is 19.7 Å². The summed E-state index contributed by atoms with van der Waals surface area (Å²) in [5.74, 6) is -0.889. The molecule has 1 amide bonds. The molecule has 0 saturated heterocycles. The van der Waals surface area contributed by atoms with Crippen LogP contribution in [0.25, 0.3) is 0 Å². The molecule has 0 radical (unpaired) electrons. The second-order valence-corrected chi connectivity index (χ2v) is 5.09. The van der Waals surface area contributed by atoms with E-state index in [4.69, 9.17) is 9.26 Å². The van der Waals surface area contributed by atoms with Crippen molar-refractivity contribution in [2.75, 3.05) is 5.32 Å². The zero-order valence-corrected chi connectivity index (χ0v) is 13.2. The molecule has 1 aromatic heterocycles. The van der Waals surface area contributed by atoms with Gasteiger partial charge in [-0.3, -0.25) is 14.9 Å². The molecule has 0 bridgehead atoms. The Morgan fingerprint density at radius 3 is 2.67 bits per heavy atom. The number of nitro groups is 1. The zero-order valence-electron chi connectivity index (χ0n) is 13.2. The van der Waals surface area contributed by atoms with Crippen LogP contribution in [-0.4, -0.2) is 28.1 Å². The van der Waals surface area contributed by atoms with Crippen LogP contribution in [0.5, 0.6) is 0 Å². The van der Waals surface area contributed by atoms with Gasteiger partial charge in [0.15, 0.2) is 11.9 Å². The van der Waals surface area contributed by atoms with E-state index in [2.05, 4.69) is 10.5 Å². The second kappa shape index (κ2) is 6.90. The van der Waals surface area contributed by atoms with E-state index in [1.165, 1.54) is 25.1 Å². The maximum Gasteiger partial charge on any atom is 0.346 e. The number of carbonyl (C=O) groups is 2. The molecule has 9 heteroatoms. The van der Waals surface area contributed by atoms with E-state index in [0.29, 0.717) is 11.3 Å². The molecule has 0 aliphatic rings. The highest BCUT2D eigenvalue weighted by molar-refractivity contribution is 5.99. The third-order valence-corrected chi connectivity index (χ3v) is 3.18. The maximum atomic E-state index is 12.2. The molecular formula is C15H15N3O6. The van der Waals surface area contributed by atoms with Gasteiger partial charge in [0.1, 0.15) is 11.3 Å². The Hall–Kier alpha value is -3.23. The summed E-state index contributed by atoms with van der Waals surface area (Å²) in [5, 5.41) is 17.0. The molecule has 0 saturated carbocycles. The molecule has 0 aliphatic heterocycles. The number of ether oxygens (including phenoxy) is 1. The SMILES string of the molecule is Cc1cc(NC(=O)[C@H](C)OC(=O)c2c(C)cccc2[N+](=O)[O-])no1. The second-order valence-electron chi connectivity index (χ2n) is 5.09. The van der Waals surface area contributed by atoms with Gasteiger partial charge < -0.3 is 14.6 Å². The maximum absolute atomic E-state index is 12.2. The van der Waals surface area contributed by atoms with Crippen molar-refractivity contribution in [1.82, 2.24) is 5.16 Å². The standard InChI is InChI=1S/C15H15N3O6/c1-8-5-4-6-11(18(21)22)13(8)15(20)23-10(3)14(19)16-12-7-9(2)24-17-12/h4-7,10H,1-3H3,(H,16,17,19)/t10-/m0/s1. The molecule has 0 unspecified atom stereocenters. The van der Waals surface area contributed by atoms with E-state index < -0.39 is 22.9 Å². The van der Waals surface area contributed by atoms with E-state index >= 15 is 0 Å². The number of hydrogen-bond donors (Lipinski definition) is 1. The van der Waals surface area contributed by atoms with Crippen LogP contribution in [0.4, 0.5) is 11.5 Å². The number of hydrogen-bond acceptors (Lipinski definition) is 7. The average molecular weight is 333 g/mol. The molecule has 2 aromatic rings. The highest BCUT2D eigenvalue weighted by Crippen LogP contribution is 2.23. The smallest absolute Gasteiger partial charge is 0.346 e. The summed E-state index contributed by atoms with van der Waals surface area (Å²) < 4.78 is 9.84. The Bertz CT molecular complexity index is 798. The summed E-state index contributed by atoms with van der Waals surface area (Å²) in [6.07, 6.45) is -1.17. The number of amides is 1. The molecule has 0 aliphatic carbocycles. The number of carbonyl (C=O) groups excluding carboxylic acids is 2. The normalized spacial score (nSPS) is 11.6. The molecule has 126 valence electrons. The summed E-state index contributed by atoms with van der Waals surface area (Å²) in [5.41, 5.74) is -0.173. The Kier molecular flexibility index (Phi) is 4.93. The Labute approximate surface area is 136 Å². The molecule has 2 rings (SSSR count). The topological polar surface area (TPSA) is 125 Å². The fourth-order valence-corrected chi connectivity index (χ4v) is 2.00. The number of anilines is 1. The van der Waals surface area contributed by atoms with Gasteiger partial charge in [-0.05, 0) is 26.3 Å². The van der Waals surface area contributed by atoms with Gasteiger partial charge in [-0.2, -0.15) is 0 Å². The van der Waals surface area contributed by atoms with Crippen LogP contribution in [-0.2, 0) is 9.53 Å². The molecule has 0 fully saturated rings. The van der Waals surface area contributed by atoms with Crippen LogP contribution in [0, 0.1) is 24.0 Å². The van der Waals surface area contributed by atoms with E-state index in [1.54, 1.807) is 19.9 Å². The fraction of sp³-hybridized carbons (Fsp3) is 0.267. The lowest BCUT2D eigenvalue weighted by atomic mass is 10.1. The van der Waals surface area contributed by atoms with Crippen molar-refractivity contribution in [2.45, 2.75) is 26.9 Å². The summed E-state index contributed by atoms with van der Waals surface area (Å²) in [6.45, 7) is 4.56. The molecule has 0 spiro atoms. The Morgan fingerprint density at radius 2 is 2.08 bits per heavy atom. The highest BCUT2D eigenvalue weighted by Gasteiger charge is 2.27. The first-order chi connectivity index (χ1) is 11.3. The van der Waals surface area contributed by atoms with Crippen molar-refractivity contribution in [2.24, 2.45) is 0 Å². The van der Waals surface area contributed by atoms with Crippen LogP contribution in [0.3, 0.4) is 0 Å². The number of aromatic nitrogens is 1. The van der Waals surface area contributed by atoms with E-state index in [1.807, 2.05) is 0 Å². The predicted octanol–water partition coefficient (Wildman–Crippen LogP) is 2.38. The first-order valence-electron chi connectivity index (χ1n) is 6.98. The average Bonchev–Trinajstić information content (AvgIpc) is 2.91. The van der Waals surface area contributed by atoms with Gasteiger partial charge in [-0.25, -0.2) is 4.79 Å². The number of aryl methyl sites for hydroxylation is 2. The largest absolute Gasteiger partial charge is 0.449 e. The van der Waals surface area contributed by atoms with Crippen molar-refractivity contribution in [3.05, 3.63) is 51.3 Å². The highest BCUT2D eigenvalue weighted by atomic mass is 16.6. The number of benzene rings is 1. The molecule has 1 aromatic carbocycles. The van der Waals surface area contributed by atoms with Gasteiger partial charge in [0, 0.05) is 12.1 Å². The minimum atomic E-state index is -1.17. The molecule has 9 nitrogen and oxygen atoms in total. The van der Waals surface area contributed by atoms with Gasteiger partial charge in [0.25, 0.3) is 11.6 Å². The van der Waals surface area contributed by atoms with Gasteiger partial charge in [-0.1, -0.05) is 17.3 Å². The van der Waals surface area contributed by atoms with Crippen molar-refractivity contribution >= 4 is 23.4 Å². The lowest BCUT2D eigenvalue weighted by Gasteiger charge is -2.13. The van der Waals surface area contributed by atoms with Crippen LogP contribution in [0.1, 0.15) is 28.6 Å². The van der Waals surface area contributed by atoms with Crippen LogP contribution < -0.4 is 5.32 Å². The lowest BCUT2D eigenvalue weighted by Crippen LogP contribution is -2.30. The number of rotatable bonds is 5. The molecule has 1 N–H and O–H groups in total. The number of esters is 1. The summed E-state index contributed by atoms with van der Waals surface area (Å²) in [4.78, 5) is 34.6. The lowest BCUT2D eigenvalue weighted by molar-refractivity contribution is -0.385. The van der Waals surface area contributed by atoms with Crippen LogP contribution in [0.2, 0.25) is 0 Å². The Balaban J connectivity index is 2.12. The van der Waals surface area contributed by atoms with E-state index in [-0.39, 0.29) is 17.1 Å². The molecular weight excluding hydrogens is 318 g/mol. The van der Waals surface area contributed by atoms with Crippen molar-refractivity contribution in [3.8, 4) is 0 Å². The van der Waals surface area contributed by atoms with Crippen LogP contribution >= 0.6 is 0 Å². The number of nitro benzene ring substituents is 1. The minimum absolute atomic E-state index is 0.181. The predicted molar refractivity (Wildman–Crippen MR) is 82.6 cm³/mol. The number of nitrogens with one attached hydrogen (secondary N) is 1. The van der Waals surface area contributed by atoms with Crippen LogP contribution in [0.15, 0.2) is 28.8 Å². The van der Waals surface area contributed by atoms with Gasteiger partial charge in [-0.15, -0.1) is 0 Å². The monoisotopic (exact) mass is 333 g/mol. The molecule has 1 heterocycles. The fourth-order valence-electron chi connectivity index (χ4n) is 2.00. The van der Waals surface area contributed by atoms with Crippen molar-refractivity contribution in [3.63, 3.8) is 0 Å². The van der Waals surface area contributed by atoms with Crippen molar-refractivity contribution in [1.29, 1.82) is 0 Å². The summed E-state index contributed by atoms with van der Waals surface area (Å²) >= 11 is 0. The molecule has 24 heavy (non-hydrogen) atoms. The summed E-state index contributed by atoms with van der Waals surface area (Å²) in [7, 11) is 0. The Morgan fingerprint density at radius 1 is 1.38 bits per heavy atom. The first kappa shape index (κ1) is 17.1. The van der Waals surface area contributed by atoms with Gasteiger partial charge >= 0.3 is 5.97 Å².